The molecule has 0 unspecified atom stereocenters. The molecule has 0 aliphatic carbocycles. The minimum Gasteiger partial charge on any atom is -0.759 e. The smallest absolute Gasteiger partial charge is 0.759 e. The van der Waals surface area contributed by atoms with Crippen LogP contribution in [0, 0.1) is 0 Å². The van der Waals surface area contributed by atoms with E-state index in [2.05, 4.69) is 6.92 Å². The van der Waals surface area contributed by atoms with Crippen molar-refractivity contribution in [3.8, 4) is 0 Å². The van der Waals surface area contributed by atoms with E-state index >= 15 is 0 Å². The van der Waals surface area contributed by atoms with Crippen molar-refractivity contribution in [2.45, 2.75) is 78.1 Å². The Kier molecular flexibility index (Phi) is 32.5. The second-order valence-corrected chi connectivity index (χ2v) is 5.61. The quantitative estimate of drug-likeness (QED) is 0.127. The summed E-state index contributed by atoms with van der Waals surface area (Å²) in [5, 5.41) is 0. The van der Waals surface area contributed by atoms with E-state index in [1.165, 1.54) is 51.4 Å². The van der Waals surface area contributed by atoms with Gasteiger partial charge in [-0.15, -0.1) is 0 Å². The van der Waals surface area contributed by atoms with Crippen molar-refractivity contribution in [2.24, 2.45) is 0 Å². The van der Waals surface area contributed by atoms with Crippen molar-refractivity contribution in [3.05, 3.63) is 0 Å². The van der Waals surface area contributed by atoms with E-state index in [1.807, 2.05) is 6.92 Å². The molecule has 0 aliphatic rings. The maximum Gasteiger partial charge on any atom is 1.00 e. The Hall–Kier alpha value is 1.34. The Bertz CT molecular complexity index is 328. The Morgan fingerprint density at radius 2 is 1.17 bits per heavy atom. The first-order valence-corrected chi connectivity index (χ1v) is 8.96. The zero-order valence-electron chi connectivity index (χ0n) is 15.1. The van der Waals surface area contributed by atoms with Crippen molar-refractivity contribution in [3.63, 3.8) is 0 Å². The average molecular weight is 370 g/mol. The Morgan fingerprint density at radius 3 is 1.52 bits per heavy atom. The third kappa shape index (κ3) is 45.2. The third-order valence-electron chi connectivity index (χ3n) is 2.79. The average Bonchev–Trinajstić information content (AvgIpc) is 2.35. The maximum atomic E-state index is 11.0. The van der Waals surface area contributed by atoms with Crippen LogP contribution in [-0.4, -0.2) is 30.1 Å². The van der Waals surface area contributed by atoms with Crippen molar-refractivity contribution < 1.29 is 86.2 Å². The summed E-state index contributed by atoms with van der Waals surface area (Å²) in [5.41, 5.74) is 0. The van der Waals surface area contributed by atoms with Gasteiger partial charge in [0.1, 0.15) is 0 Å². The summed E-state index contributed by atoms with van der Waals surface area (Å²) in [4.78, 5) is 11.0. The zero-order valence-corrected chi connectivity index (χ0v) is 20.0. The molecule has 0 radical (unpaired) electrons. The SMILES string of the molecule is CCCCCCCCCCCC(=O)OCC.O=S(=O)([O-])[O-].[Na+].[Na+]. The molecule has 0 saturated heterocycles. The first-order valence-electron chi connectivity index (χ1n) is 7.63. The maximum absolute atomic E-state index is 11.0. The van der Waals surface area contributed by atoms with E-state index in [4.69, 9.17) is 22.3 Å². The summed E-state index contributed by atoms with van der Waals surface area (Å²) in [6.45, 7) is 4.61. The molecule has 0 rings (SSSR count). The van der Waals surface area contributed by atoms with Gasteiger partial charge in [-0.25, -0.2) is 0 Å². The van der Waals surface area contributed by atoms with Crippen LogP contribution in [0.1, 0.15) is 78.1 Å². The number of rotatable bonds is 11. The number of carbonyl (C=O) groups is 1. The third-order valence-corrected chi connectivity index (χ3v) is 2.79. The van der Waals surface area contributed by atoms with Crippen LogP contribution >= 0.6 is 0 Å². The van der Waals surface area contributed by atoms with E-state index in [9.17, 15) is 4.79 Å². The van der Waals surface area contributed by atoms with E-state index < -0.39 is 10.4 Å². The molecular weight excluding hydrogens is 342 g/mol. The molecule has 128 valence electrons. The Labute approximate surface area is 185 Å². The molecule has 0 heterocycles. The first kappa shape index (κ1) is 32.0. The first-order chi connectivity index (χ1) is 9.81. The zero-order chi connectivity index (χ0) is 16.6. The summed E-state index contributed by atoms with van der Waals surface area (Å²) in [7, 11) is -5.17. The molecule has 0 aliphatic heterocycles. The van der Waals surface area contributed by atoms with Crippen LogP contribution in [0.2, 0.25) is 0 Å². The molecule has 6 nitrogen and oxygen atoms in total. The minimum atomic E-state index is -5.17. The number of esters is 1. The van der Waals surface area contributed by atoms with Gasteiger partial charge in [0.25, 0.3) is 0 Å². The van der Waals surface area contributed by atoms with Gasteiger partial charge in [-0.05, 0) is 13.3 Å². The van der Waals surface area contributed by atoms with Gasteiger partial charge in [-0.3, -0.25) is 13.2 Å². The normalized spacial score (nSPS) is 9.74. The van der Waals surface area contributed by atoms with Gasteiger partial charge in [0, 0.05) is 16.8 Å². The van der Waals surface area contributed by atoms with Gasteiger partial charge in [0.05, 0.1) is 6.61 Å². The van der Waals surface area contributed by atoms with Gasteiger partial charge < -0.3 is 13.8 Å². The van der Waals surface area contributed by atoms with Gasteiger partial charge in [0.2, 0.25) is 0 Å². The van der Waals surface area contributed by atoms with E-state index in [1.54, 1.807) is 0 Å². The van der Waals surface area contributed by atoms with Crippen LogP contribution in [0.3, 0.4) is 0 Å². The van der Waals surface area contributed by atoms with Crippen molar-refractivity contribution in [2.75, 3.05) is 6.61 Å². The molecule has 0 atom stereocenters. The predicted molar refractivity (Wildman–Crippen MR) is 79.0 cm³/mol. The molecule has 0 fully saturated rings. The van der Waals surface area contributed by atoms with Crippen LogP contribution in [0.15, 0.2) is 0 Å². The number of carbonyl (C=O) groups excluding carboxylic acids is 1. The van der Waals surface area contributed by atoms with Crippen LogP contribution in [0.4, 0.5) is 0 Å². The summed E-state index contributed by atoms with van der Waals surface area (Å²) in [6, 6.07) is 0. The molecule has 0 amide bonds. The Morgan fingerprint density at radius 1 is 0.826 bits per heavy atom. The second kappa shape index (κ2) is 23.3. The van der Waals surface area contributed by atoms with Crippen LogP contribution < -0.4 is 59.1 Å². The standard InChI is InChI=1S/C14H28O2.2Na.H2O4S/c1-3-5-6-7-8-9-10-11-12-13-14(15)16-4-2;;;1-5(2,3)4/h3-13H2,1-2H3;;;(H2,1,2,3,4)/q;2*+1;/p-2. The van der Waals surface area contributed by atoms with Gasteiger partial charge in [-0.2, -0.15) is 0 Å². The van der Waals surface area contributed by atoms with Crippen molar-refractivity contribution in [1.82, 2.24) is 0 Å². The predicted octanol–water partition coefficient (Wildman–Crippen LogP) is -2.86. The summed E-state index contributed by atoms with van der Waals surface area (Å²) >= 11 is 0. The fourth-order valence-electron chi connectivity index (χ4n) is 1.81. The molecule has 0 aromatic heterocycles. The monoisotopic (exact) mass is 370 g/mol. The largest absolute Gasteiger partial charge is 1.00 e. The van der Waals surface area contributed by atoms with Gasteiger partial charge >= 0.3 is 65.1 Å². The van der Waals surface area contributed by atoms with E-state index in [0.29, 0.717) is 13.0 Å². The molecule has 0 N–H and O–H groups in total. The minimum absolute atomic E-state index is 0. The summed E-state index contributed by atoms with van der Waals surface area (Å²) in [5.74, 6) is -0.0366. The topological polar surface area (TPSA) is 107 Å². The second-order valence-electron chi connectivity index (χ2n) is 4.79. The number of hydrogen-bond donors (Lipinski definition) is 0. The number of unbranched alkanes of at least 4 members (excludes halogenated alkanes) is 8. The number of ether oxygens (including phenoxy) is 1. The fraction of sp³-hybridized carbons (Fsp3) is 0.929. The van der Waals surface area contributed by atoms with Gasteiger partial charge in [0.15, 0.2) is 0 Å². The van der Waals surface area contributed by atoms with Crippen LogP contribution in [0.25, 0.3) is 0 Å². The van der Waals surface area contributed by atoms with E-state index in [-0.39, 0.29) is 65.1 Å². The molecule has 0 saturated carbocycles. The molecule has 0 aromatic rings. The van der Waals surface area contributed by atoms with Crippen molar-refractivity contribution in [1.29, 1.82) is 0 Å². The molecular formula is C14H28Na2O6S. The molecule has 0 spiro atoms. The molecule has 23 heavy (non-hydrogen) atoms. The number of hydrogen-bond acceptors (Lipinski definition) is 6. The molecule has 0 bridgehead atoms. The summed E-state index contributed by atoms with van der Waals surface area (Å²) in [6.07, 6.45) is 12.2. The molecule has 0 aromatic carbocycles. The van der Waals surface area contributed by atoms with Crippen LogP contribution in [-0.2, 0) is 19.9 Å². The molecule has 9 heteroatoms. The van der Waals surface area contributed by atoms with Gasteiger partial charge in [-0.1, -0.05) is 58.3 Å². The van der Waals surface area contributed by atoms with E-state index in [0.717, 1.165) is 6.42 Å². The summed E-state index contributed by atoms with van der Waals surface area (Å²) < 4.78 is 39.0. The van der Waals surface area contributed by atoms with Crippen molar-refractivity contribution >= 4 is 16.4 Å². The Balaban J connectivity index is -0.000000225. The fourth-order valence-corrected chi connectivity index (χ4v) is 1.81. The van der Waals surface area contributed by atoms with Crippen LogP contribution in [0.5, 0.6) is 0 Å².